The normalized spacial score (nSPS) is 22.9. The number of aromatic nitrogens is 1. The molecule has 4 fully saturated rings. The van der Waals surface area contributed by atoms with Gasteiger partial charge in [-0.2, -0.15) is 0 Å². The number of nitrogens with zero attached hydrogens (tertiary/aromatic N) is 2. The van der Waals surface area contributed by atoms with Crippen LogP contribution in [-0.4, -0.2) is 76.8 Å². The summed E-state index contributed by atoms with van der Waals surface area (Å²) in [6.45, 7) is 16.9. The molecule has 3 N–H and O–H groups in total. The van der Waals surface area contributed by atoms with Gasteiger partial charge in [-0.25, -0.2) is 14.6 Å². The molecule has 1 aromatic heterocycles. The van der Waals surface area contributed by atoms with Crippen LogP contribution in [0.3, 0.4) is 0 Å². The first-order valence-corrected chi connectivity index (χ1v) is 20.5. The van der Waals surface area contributed by atoms with Gasteiger partial charge in [0, 0.05) is 5.38 Å². The molecule has 2 aromatic carbocycles. The Morgan fingerprint density at radius 2 is 1.74 bits per heavy atom. The number of amides is 2. The minimum atomic E-state index is -0.923. The number of thiazole rings is 1. The first-order chi connectivity index (χ1) is 27.2. The number of aliphatic hydroxyl groups excluding tert-OH is 1. The number of hydrogen-bond acceptors (Lipinski definition) is 13. The zero-order valence-electron chi connectivity index (χ0n) is 35.0. The van der Waals surface area contributed by atoms with Crippen molar-refractivity contribution >= 4 is 47.3 Å². The smallest absolute Gasteiger partial charge is 0.482 e. The third-order valence-electron chi connectivity index (χ3n) is 11.1. The number of carbonyl (C=O) groups excluding carboxylic acids is 3. The minimum Gasteiger partial charge on any atom is -0.496 e. The van der Waals surface area contributed by atoms with E-state index in [2.05, 4.69) is 41.5 Å². The highest BCUT2D eigenvalue weighted by molar-refractivity contribution is 7.14. The van der Waals surface area contributed by atoms with E-state index in [-0.39, 0.29) is 64.9 Å². The summed E-state index contributed by atoms with van der Waals surface area (Å²) in [4.78, 5) is 51.0. The molecular formula is C42H55BN4O10S. The van der Waals surface area contributed by atoms with Gasteiger partial charge in [-0.15, -0.1) is 11.3 Å². The third-order valence-corrected chi connectivity index (χ3v) is 11.8. The van der Waals surface area contributed by atoms with Crippen LogP contribution in [0.1, 0.15) is 108 Å². The Hall–Kier alpha value is -4.51. The van der Waals surface area contributed by atoms with Crippen molar-refractivity contribution in [3.05, 3.63) is 75.8 Å². The molecule has 2 bridgehead atoms. The van der Waals surface area contributed by atoms with Crippen molar-refractivity contribution in [2.75, 3.05) is 12.4 Å². The molecule has 3 aliphatic carbocycles. The van der Waals surface area contributed by atoms with Gasteiger partial charge in [0.2, 0.25) is 0 Å². The maximum absolute atomic E-state index is 14.6. The number of oxime groups is 1. The van der Waals surface area contributed by atoms with Gasteiger partial charge in [-0.1, -0.05) is 49.3 Å². The molecule has 3 aromatic rings. The van der Waals surface area contributed by atoms with Crippen LogP contribution in [-0.2, 0) is 48.0 Å². The highest BCUT2D eigenvalue weighted by Gasteiger charge is 2.68. The molecule has 58 heavy (non-hydrogen) atoms. The fourth-order valence-electron chi connectivity index (χ4n) is 8.26. The fourth-order valence-corrected chi connectivity index (χ4v) is 8.95. The van der Waals surface area contributed by atoms with Crippen molar-refractivity contribution in [3.63, 3.8) is 0 Å². The third kappa shape index (κ3) is 9.51. The number of aliphatic hydroxyl groups is 1. The van der Waals surface area contributed by atoms with E-state index in [9.17, 15) is 19.5 Å². The lowest BCUT2D eigenvalue weighted by Gasteiger charge is -2.64. The van der Waals surface area contributed by atoms with Gasteiger partial charge in [0.15, 0.2) is 10.8 Å². The maximum Gasteiger partial charge on any atom is 0.482 e. The van der Waals surface area contributed by atoms with Crippen LogP contribution in [0.25, 0.3) is 0 Å². The Morgan fingerprint density at radius 1 is 1.03 bits per heavy atom. The number of anilines is 1. The highest BCUT2D eigenvalue weighted by Crippen LogP contribution is 2.65. The monoisotopic (exact) mass is 818 g/mol. The van der Waals surface area contributed by atoms with Crippen LogP contribution in [0.2, 0.25) is 0 Å². The van der Waals surface area contributed by atoms with Crippen molar-refractivity contribution in [1.82, 2.24) is 10.3 Å². The number of carbonyl (C=O) groups is 3. The number of methoxy groups -OCH3 is 1. The second kappa shape index (κ2) is 16.6. The number of ether oxygens (including phenoxy) is 3. The van der Waals surface area contributed by atoms with Crippen LogP contribution in [0.4, 0.5) is 9.93 Å². The number of benzene rings is 2. The van der Waals surface area contributed by atoms with Gasteiger partial charge in [0.25, 0.3) is 5.91 Å². The Bertz CT molecular complexity index is 2030. The molecule has 2 amide bonds. The number of esters is 1. The quantitative estimate of drug-likeness (QED) is 0.0711. The van der Waals surface area contributed by atoms with Crippen molar-refractivity contribution < 1.29 is 47.8 Å². The van der Waals surface area contributed by atoms with E-state index in [1.54, 1.807) is 53.0 Å². The lowest BCUT2D eigenvalue weighted by Crippen LogP contribution is -2.65. The van der Waals surface area contributed by atoms with Crippen molar-refractivity contribution in [2.45, 2.75) is 124 Å². The summed E-state index contributed by atoms with van der Waals surface area (Å²) >= 11 is 1.09. The van der Waals surface area contributed by atoms with Gasteiger partial charge in [0.05, 0.1) is 31.4 Å². The SMILES string of the molecule is COc1c(C[C@H](NC(=O)/C(=N\OCc2ccccc2)c2csc(NC(=O)OC(C)(C)C)n2)B2OC3C[C@H]4C[C@@H](C4(C)C)[C@]3(C)O2)cc(CO)cc1C(=O)OC(C)(C)C. The number of nitrogens with one attached hydrogen (secondary N) is 2. The summed E-state index contributed by atoms with van der Waals surface area (Å²) in [6, 6.07) is 12.6. The van der Waals surface area contributed by atoms with Gasteiger partial charge in [-0.3, -0.25) is 10.1 Å². The Balaban J connectivity index is 1.36. The molecule has 7 rings (SSSR count). The van der Waals surface area contributed by atoms with Crippen molar-refractivity contribution in [2.24, 2.45) is 22.4 Å². The molecule has 14 nitrogen and oxygen atoms in total. The topological polar surface area (TPSA) is 176 Å². The summed E-state index contributed by atoms with van der Waals surface area (Å²) in [5.74, 6) is -1.20. The molecule has 312 valence electrons. The largest absolute Gasteiger partial charge is 0.496 e. The first kappa shape index (κ1) is 43.1. The standard InChI is InChI=1S/C42H55BN4O10S/c1-39(2,3)54-36(50)28-17-25(21-48)16-26(34(28)52-10)18-32(43-56-31-20-27-19-30(41(27,7)8)42(31,9)57-43)45-35(49)33(47-53-22-24-14-12-11-13-15-24)29-23-58-37(44-29)46-38(51)55-40(4,5)6/h11-17,23,27,30-32,48H,18-22H2,1-10H3,(H,45,49)(H,44,46,51)/b47-33-/t27-,30+,31?,32+,42+/m1/s1. The average molecular weight is 819 g/mol. The molecule has 1 saturated heterocycles. The van der Waals surface area contributed by atoms with E-state index in [1.807, 2.05) is 30.3 Å². The Labute approximate surface area is 344 Å². The van der Waals surface area contributed by atoms with E-state index in [1.165, 1.54) is 13.2 Å². The minimum absolute atomic E-state index is 0.0597. The first-order valence-electron chi connectivity index (χ1n) is 19.6. The molecule has 0 radical (unpaired) electrons. The van der Waals surface area contributed by atoms with E-state index < -0.39 is 47.8 Å². The molecular weight excluding hydrogens is 763 g/mol. The number of rotatable bonds is 13. The lowest BCUT2D eigenvalue weighted by molar-refractivity contribution is -0.199. The van der Waals surface area contributed by atoms with Crippen LogP contribution in [0.5, 0.6) is 5.75 Å². The molecule has 2 heterocycles. The molecule has 1 unspecified atom stereocenters. The number of hydrogen-bond donors (Lipinski definition) is 3. The molecule has 16 heteroatoms. The van der Waals surface area contributed by atoms with Crippen LogP contribution < -0.4 is 15.4 Å². The van der Waals surface area contributed by atoms with E-state index in [0.29, 0.717) is 17.0 Å². The summed E-state index contributed by atoms with van der Waals surface area (Å²) in [6.07, 6.45) is 0.990. The molecule has 4 aliphatic rings. The van der Waals surface area contributed by atoms with E-state index in [4.69, 9.17) is 28.4 Å². The predicted octanol–water partition coefficient (Wildman–Crippen LogP) is 6.86. The van der Waals surface area contributed by atoms with Gasteiger partial charge in [-0.05, 0) is 114 Å². The Morgan fingerprint density at radius 3 is 2.38 bits per heavy atom. The van der Waals surface area contributed by atoms with E-state index in [0.717, 1.165) is 29.7 Å². The van der Waals surface area contributed by atoms with Gasteiger partial charge in [0.1, 0.15) is 34.8 Å². The molecule has 1 aliphatic heterocycles. The summed E-state index contributed by atoms with van der Waals surface area (Å²) in [5.41, 5.74) is -0.188. The molecule has 0 spiro atoms. The van der Waals surface area contributed by atoms with Gasteiger partial charge < -0.3 is 38.8 Å². The maximum atomic E-state index is 14.6. The zero-order valence-corrected chi connectivity index (χ0v) is 35.8. The van der Waals surface area contributed by atoms with Gasteiger partial charge >= 0.3 is 19.2 Å². The second-order valence-corrected chi connectivity index (χ2v) is 18.8. The molecule has 3 saturated carbocycles. The van der Waals surface area contributed by atoms with Crippen LogP contribution in [0, 0.1) is 17.3 Å². The summed E-state index contributed by atoms with van der Waals surface area (Å²) in [7, 11) is 0.528. The highest BCUT2D eigenvalue weighted by atomic mass is 32.1. The fraction of sp³-hybridized carbons (Fsp3) is 0.548. The second-order valence-electron chi connectivity index (χ2n) is 18.0. The van der Waals surface area contributed by atoms with Crippen molar-refractivity contribution in [1.29, 1.82) is 0 Å². The van der Waals surface area contributed by atoms with Crippen LogP contribution >= 0.6 is 11.3 Å². The predicted molar refractivity (Wildman–Crippen MR) is 220 cm³/mol. The summed E-state index contributed by atoms with van der Waals surface area (Å²) < 4.78 is 30.6. The van der Waals surface area contributed by atoms with Crippen molar-refractivity contribution in [3.8, 4) is 5.75 Å². The molecule has 5 atom stereocenters. The van der Waals surface area contributed by atoms with Crippen LogP contribution in [0.15, 0.2) is 53.0 Å². The lowest BCUT2D eigenvalue weighted by atomic mass is 9.43. The zero-order chi connectivity index (χ0) is 42.2. The summed E-state index contributed by atoms with van der Waals surface area (Å²) in [5, 5.41) is 22.1. The van der Waals surface area contributed by atoms with E-state index >= 15 is 0 Å². The Kier molecular flexibility index (Phi) is 12.4. The average Bonchev–Trinajstić information content (AvgIpc) is 3.75.